The van der Waals surface area contributed by atoms with Gasteiger partial charge in [-0.2, -0.15) is 0 Å². The van der Waals surface area contributed by atoms with Gasteiger partial charge < -0.3 is 10.5 Å². The standard InChI is InChI=1S/C10H16N2O/c1-7(2)13-10-6-9(8(3)11)4-5-12-10/h4-8H,11H2,1-3H3. The quantitative estimate of drug-likeness (QED) is 0.772. The Bertz CT molecular complexity index is 271. The maximum Gasteiger partial charge on any atom is 0.213 e. The lowest BCUT2D eigenvalue weighted by atomic mass is 10.1. The summed E-state index contributed by atoms with van der Waals surface area (Å²) in [6.07, 6.45) is 1.87. The summed E-state index contributed by atoms with van der Waals surface area (Å²) in [6.45, 7) is 5.88. The first-order chi connectivity index (χ1) is 6.09. The minimum Gasteiger partial charge on any atom is -0.475 e. The highest BCUT2D eigenvalue weighted by molar-refractivity contribution is 5.22. The van der Waals surface area contributed by atoms with Crippen LogP contribution < -0.4 is 10.5 Å². The molecule has 0 aliphatic carbocycles. The fraction of sp³-hybridized carbons (Fsp3) is 0.500. The third-order valence-electron chi connectivity index (χ3n) is 1.64. The van der Waals surface area contributed by atoms with Gasteiger partial charge in [-0.05, 0) is 32.4 Å². The third-order valence-corrected chi connectivity index (χ3v) is 1.64. The van der Waals surface area contributed by atoms with Gasteiger partial charge in [-0.15, -0.1) is 0 Å². The summed E-state index contributed by atoms with van der Waals surface area (Å²) in [5.74, 6) is 0.643. The first-order valence-corrected chi connectivity index (χ1v) is 4.48. The molecule has 1 atom stereocenters. The molecule has 0 aliphatic rings. The van der Waals surface area contributed by atoms with E-state index in [2.05, 4.69) is 4.98 Å². The van der Waals surface area contributed by atoms with Crippen molar-refractivity contribution in [1.29, 1.82) is 0 Å². The second-order valence-corrected chi connectivity index (χ2v) is 3.38. The lowest BCUT2D eigenvalue weighted by Crippen LogP contribution is -2.09. The van der Waals surface area contributed by atoms with Crippen LogP contribution in [0.4, 0.5) is 0 Å². The van der Waals surface area contributed by atoms with Gasteiger partial charge in [0.15, 0.2) is 0 Å². The first kappa shape index (κ1) is 9.99. The van der Waals surface area contributed by atoms with Crippen LogP contribution in [0.2, 0.25) is 0 Å². The largest absolute Gasteiger partial charge is 0.475 e. The van der Waals surface area contributed by atoms with E-state index in [4.69, 9.17) is 10.5 Å². The molecule has 0 saturated heterocycles. The Morgan fingerprint density at radius 1 is 1.38 bits per heavy atom. The molecule has 72 valence electrons. The van der Waals surface area contributed by atoms with E-state index in [0.717, 1.165) is 5.56 Å². The Kier molecular flexibility index (Phi) is 3.25. The van der Waals surface area contributed by atoms with Gasteiger partial charge in [0.2, 0.25) is 5.88 Å². The number of nitrogens with two attached hydrogens (primary N) is 1. The number of rotatable bonds is 3. The molecule has 2 N–H and O–H groups in total. The van der Waals surface area contributed by atoms with Crippen molar-refractivity contribution in [1.82, 2.24) is 4.98 Å². The molecule has 3 heteroatoms. The van der Waals surface area contributed by atoms with E-state index in [1.165, 1.54) is 0 Å². The van der Waals surface area contributed by atoms with E-state index >= 15 is 0 Å². The summed E-state index contributed by atoms with van der Waals surface area (Å²) in [7, 11) is 0. The van der Waals surface area contributed by atoms with Crippen LogP contribution in [0.25, 0.3) is 0 Å². The van der Waals surface area contributed by atoms with Crippen molar-refractivity contribution in [3.63, 3.8) is 0 Å². The topological polar surface area (TPSA) is 48.1 Å². The molecule has 0 aliphatic heterocycles. The second-order valence-electron chi connectivity index (χ2n) is 3.38. The fourth-order valence-corrected chi connectivity index (χ4v) is 1.01. The molecule has 0 amide bonds. The molecule has 1 heterocycles. The summed E-state index contributed by atoms with van der Waals surface area (Å²) in [4.78, 5) is 4.08. The average molecular weight is 180 g/mol. The van der Waals surface area contributed by atoms with E-state index in [-0.39, 0.29) is 12.1 Å². The monoisotopic (exact) mass is 180 g/mol. The van der Waals surface area contributed by atoms with Gasteiger partial charge in [0, 0.05) is 18.3 Å². The van der Waals surface area contributed by atoms with E-state index < -0.39 is 0 Å². The maximum absolute atomic E-state index is 5.73. The van der Waals surface area contributed by atoms with Crippen LogP contribution in [-0.2, 0) is 0 Å². The number of nitrogens with zero attached hydrogens (tertiary/aromatic N) is 1. The summed E-state index contributed by atoms with van der Waals surface area (Å²) in [5, 5.41) is 0. The van der Waals surface area contributed by atoms with Crippen molar-refractivity contribution < 1.29 is 4.74 Å². The van der Waals surface area contributed by atoms with Crippen molar-refractivity contribution in [2.45, 2.75) is 32.9 Å². The molecule has 1 aromatic rings. The van der Waals surface area contributed by atoms with Gasteiger partial charge in [-0.3, -0.25) is 0 Å². The number of aromatic nitrogens is 1. The molecule has 0 fully saturated rings. The van der Waals surface area contributed by atoms with E-state index in [1.807, 2.05) is 32.9 Å². The zero-order valence-electron chi connectivity index (χ0n) is 8.32. The Balaban J connectivity index is 2.79. The smallest absolute Gasteiger partial charge is 0.213 e. The molecule has 3 nitrogen and oxygen atoms in total. The molecule has 13 heavy (non-hydrogen) atoms. The Morgan fingerprint density at radius 3 is 2.62 bits per heavy atom. The molecule has 1 rings (SSSR count). The van der Waals surface area contributed by atoms with Gasteiger partial charge in [0.05, 0.1) is 6.10 Å². The van der Waals surface area contributed by atoms with E-state index in [1.54, 1.807) is 6.20 Å². The van der Waals surface area contributed by atoms with Gasteiger partial charge in [0.25, 0.3) is 0 Å². The average Bonchev–Trinajstić information content (AvgIpc) is 2.03. The predicted octanol–water partition coefficient (Wildman–Crippen LogP) is 1.89. The van der Waals surface area contributed by atoms with E-state index in [9.17, 15) is 0 Å². The zero-order valence-corrected chi connectivity index (χ0v) is 8.32. The minimum atomic E-state index is 0.0255. The summed E-state index contributed by atoms with van der Waals surface area (Å²) >= 11 is 0. The Labute approximate surface area is 78.9 Å². The molecule has 0 bridgehead atoms. The highest BCUT2D eigenvalue weighted by Gasteiger charge is 2.03. The summed E-state index contributed by atoms with van der Waals surface area (Å²) in [5.41, 5.74) is 6.78. The van der Waals surface area contributed by atoms with Crippen molar-refractivity contribution in [2.24, 2.45) is 5.73 Å². The highest BCUT2D eigenvalue weighted by Crippen LogP contribution is 2.15. The molecule has 0 aromatic carbocycles. The number of pyridine rings is 1. The van der Waals surface area contributed by atoms with Crippen molar-refractivity contribution in [3.05, 3.63) is 23.9 Å². The predicted molar refractivity (Wildman–Crippen MR) is 52.6 cm³/mol. The fourth-order valence-electron chi connectivity index (χ4n) is 1.01. The highest BCUT2D eigenvalue weighted by atomic mass is 16.5. The zero-order chi connectivity index (χ0) is 9.84. The lowest BCUT2D eigenvalue weighted by Gasteiger charge is -2.10. The number of hydrogen-bond acceptors (Lipinski definition) is 3. The molecular weight excluding hydrogens is 164 g/mol. The molecule has 1 aromatic heterocycles. The van der Waals surface area contributed by atoms with Crippen molar-refractivity contribution in [3.8, 4) is 5.88 Å². The Morgan fingerprint density at radius 2 is 2.08 bits per heavy atom. The normalized spacial score (nSPS) is 13.0. The molecule has 0 spiro atoms. The molecule has 0 radical (unpaired) electrons. The van der Waals surface area contributed by atoms with Crippen LogP contribution in [0.1, 0.15) is 32.4 Å². The first-order valence-electron chi connectivity index (χ1n) is 4.48. The maximum atomic E-state index is 5.73. The number of ether oxygens (including phenoxy) is 1. The molecule has 1 unspecified atom stereocenters. The van der Waals surface area contributed by atoms with Crippen molar-refractivity contribution >= 4 is 0 Å². The van der Waals surface area contributed by atoms with Crippen LogP contribution in [-0.4, -0.2) is 11.1 Å². The third kappa shape index (κ3) is 3.03. The van der Waals surface area contributed by atoms with Crippen LogP contribution >= 0.6 is 0 Å². The molecule has 0 saturated carbocycles. The molecular formula is C10H16N2O. The van der Waals surface area contributed by atoms with Crippen LogP contribution in [0.3, 0.4) is 0 Å². The number of hydrogen-bond donors (Lipinski definition) is 1. The second kappa shape index (κ2) is 4.23. The lowest BCUT2D eigenvalue weighted by molar-refractivity contribution is 0.232. The summed E-state index contributed by atoms with van der Waals surface area (Å²) in [6, 6.07) is 3.81. The van der Waals surface area contributed by atoms with Gasteiger partial charge in [-0.1, -0.05) is 0 Å². The minimum absolute atomic E-state index is 0.0255. The van der Waals surface area contributed by atoms with Crippen LogP contribution in [0.5, 0.6) is 5.88 Å². The van der Waals surface area contributed by atoms with Gasteiger partial charge >= 0.3 is 0 Å². The SMILES string of the molecule is CC(C)Oc1cc(C(C)N)ccn1. The Hall–Kier alpha value is -1.09. The van der Waals surface area contributed by atoms with E-state index in [0.29, 0.717) is 5.88 Å². The van der Waals surface area contributed by atoms with Crippen LogP contribution in [0.15, 0.2) is 18.3 Å². The van der Waals surface area contributed by atoms with Gasteiger partial charge in [-0.25, -0.2) is 4.98 Å². The van der Waals surface area contributed by atoms with Gasteiger partial charge in [0.1, 0.15) is 0 Å². The van der Waals surface area contributed by atoms with Crippen LogP contribution in [0, 0.1) is 0 Å². The summed E-state index contributed by atoms with van der Waals surface area (Å²) < 4.78 is 5.44. The van der Waals surface area contributed by atoms with Crippen molar-refractivity contribution in [2.75, 3.05) is 0 Å².